The van der Waals surface area contributed by atoms with E-state index >= 15 is 0 Å². The van der Waals surface area contributed by atoms with Crippen molar-refractivity contribution < 1.29 is 4.79 Å². The van der Waals surface area contributed by atoms with Gasteiger partial charge in [0.15, 0.2) is 0 Å². The van der Waals surface area contributed by atoms with E-state index in [4.69, 9.17) is 5.73 Å². The highest BCUT2D eigenvalue weighted by Gasteiger charge is 2.33. The summed E-state index contributed by atoms with van der Waals surface area (Å²) in [5.41, 5.74) is 8.61. The van der Waals surface area contributed by atoms with E-state index < -0.39 is 0 Å². The lowest BCUT2D eigenvalue weighted by molar-refractivity contribution is 0.0734. The Morgan fingerprint density at radius 3 is 2.62 bits per heavy atom. The number of halogens is 2. The second kappa shape index (κ2) is 7.72. The molecule has 1 aromatic heterocycles. The Morgan fingerprint density at radius 2 is 2.00 bits per heavy atom. The van der Waals surface area contributed by atoms with Crippen molar-refractivity contribution in [1.82, 2.24) is 9.47 Å². The van der Waals surface area contributed by atoms with Crippen molar-refractivity contribution in [3.8, 4) is 11.3 Å². The lowest BCUT2D eigenvalue weighted by Crippen LogP contribution is -2.35. The molecule has 6 heteroatoms. The predicted molar refractivity (Wildman–Crippen MR) is 103 cm³/mol. The average Bonchev–Trinajstić information content (AvgIpc) is 3.10. The van der Waals surface area contributed by atoms with Crippen molar-refractivity contribution in [2.45, 2.75) is 19.4 Å². The Labute approximate surface area is 157 Å². The molecule has 1 fully saturated rings. The van der Waals surface area contributed by atoms with E-state index in [-0.39, 0.29) is 24.4 Å². The van der Waals surface area contributed by atoms with Gasteiger partial charge in [-0.25, -0.2) is 0 Å². The first kappa shape index (κ1) is 19.0. The molecule has 1 aliphatic heterocycles. The van der Waals surface area contributed by atoms with Gasteiger partial charge in [-0.1, -0.05) is 34.1 Å². The topological polar surface area (TPSA) is 51.3 Å². The van der Waals surface area contributed by atoms with Crippen molar-refractivity contribution in [3.05, 3.63) is 46.6 Å². The maximum atomic E-state index is 12.9. The second-order valence-corrected chi connectivity index (χ2v) is 7.14. The minimum atomic E-state index is 0. The molecule has 0 aliphatic carbocycles. The third-order valence-electron chi connectivity index (χ3n) is 4.75. The number of rotatable bonds is 3. The van der Waals surface area contributed by atoms with E-state index in [1.165, 1.54) is 0 Å². The standard InChI is InChI=1S/C18H22BrN3O.ClH/c1-12-9-13(10-20)11-22(12)18(23)17-8-7-16(21(17)2)14-5-3-4-6-15(14)19;/h3-8,12-13H,9-11,20H2,1-2H3;1H. The minimum absolute atomic E-state index is 0. The molecule has 2 aromatic rings. The van der Waals surface area contributed by atoms with Gasteiger partial charge < -0.3 is 15.2 Å². The third kappa shape index (κ3) is 3.39. The fourth-order valence-corrected chi connectivity index (χ4v) is 3.90. The molecule has 130 valence electrons. The number of carbonyl (C=O) groups excluding carboxylic acids is 1. The summed E-state index contributed by atoms with van der Waals surface area (Å²) in [6.45, 7) is 3.50. The van der Waals surface area contributed by atoms with Crippen LogP contribution in [0.4, 0.5) is 0 Å². The molecule has 2 heterocycles. The first-order valence-electron chi connectivity index (χ1n) is 7.94. The van der Waals surface area contributed by atoms with E-state index in [9.17, 15) is 4.79 Å². The molecule has 4 nitrogen and oxygen atoms in total. The Kier molecular flexibility index (Phi) is 6.12. The van der Waals surface area contributed by atoms with Crippen LogP contribution in [0, 0.1) is 5.92 Å². The van der Waals surface area contributed by atoms with Gasteiger partial charge in [0.1, 0.15) is 5.69 Å². The van der Waals surface area contributed by atoms with Crippen molar-refractivity contribution in [2.24, 2.45) is 18.7 Å². The lowest BCUT2D eigenvalue weighted by atomic mass is 10.1. The molecular formula is C18H23BrClN3O. The predicted octanol–water partition coefficient (Wildman–Crippen LogP) is 3.69. The van der Waals surface area contributed by atoms with E-state index in [1.54, 1.807) is 0 Å². The number of nitrogens with two attached hydrogens (primary N) is 1. The van der Waals surface area contributed by atoms with Gasteiger partial charge >= 0.3 is 0 Å². The van der Waals surface area contributed by atoms with Gasteiger partial charge in [-0.05, 0) is 44.0 Å². The van der Waals surface area contributed by atoms with Crippen LogP contribution in [0.15, 0.2) is 40.9 Å². The second-order valence-electron chi connectivity index (χ2n) is 6.29. The van der Waals surface area contributed by atoms with Gasteiger partial charge in [-0.15, -0.1) is 12.4 Å². The molecule has 2 unspecified atom stereocenters. The van der Waals surface area contributed by atoms with Crippen LogP contribution in [0.3, 0.4) is 0 Å². The highest BCUT2D eigenvalue weighted by Crippen LogP contribution is 2.30. The monoisotopic (exact) mass is 411 g/mol. The van der Waals surface area contributed by atoms with Gasteiger partial charge in [0, 0.05) is 35.4 Å². The maximum Gasteiger partial charge on any atom is 0.270 e. The summed E-state index contributed by atoms with van der Waals surface area (Å²) in [7, 11) is 1.95. The number of amides is 1. The van der Waals surface area contributed by atoms with Gasteiger partial charge in [0.05, 0.1) is 0 Å². The zero-order chi connectivity index (χ0) is 16.6. The normalized spacial score (nSPS) is 20.1. The van der Waals surface area contributed by atoms with Crippen LogP contribution in [-0.2, 0) is 7.05 Å². The van der Waals surface area contributed by atoms with Crippen LogP contribution in [0.2, 0.25) is 0 Å². The average molecular weight is 413 g/mol. The first-order valence-corrected chi connectivity index (χ1v) is 8.74. The summed E-state index contributed by atoms with van der Waals surface area (Å²) >= 11 is 3.58. The van der Waals surface area contributed by atoms with E-state index in [0.717, 1.165) is 34.4 Å². The molecule has 2 N–H and O–H groups in total. The van der Waals surface area contributed by atoms with Crippen molar-refractivity contribution in [3.63, 3.8) is 0 Å². The molecule has 0 spiro atoms. The lowest BCUT2D eigenvalue weighted by Gasteiger charge is -2.22. The number of aromatic nitrogens is 1. The van der Waals surface area contributed by atoms with Crippen LogP contribution in [0.25, 0.3) is 11.3 Å². The summed E-state index contributed by atoms with van der Waals surface area (Å²) in [5.74, 6) is 0.506. The Morgan fingerprint density at radius 1 is 1.29 bits per heavy atom. The molecule has 1 saturated heterocycles. The molecular weight excluding hydrogens is 390 g/mol. The summed E-state index contributed by atoms with van der Waals surface area (Å²) in [4.78, 5) is 14.9. The van der Waals surface area contributed by atoms with E-state index in [2.05, 4.69) is 28.9 Å². The molecule has 0 radical (unpaired) electrons. The number of benzene rings is 1. The zero-order valence-electron chi connectivity index (χ0n) is 13.9. The van der Waals surface area contributed by atoms with Crippen LogP contribution in [-0.4, -0.2) is 34.5 Å². The summed E-state index contributed by atoms with van der Waals surface area (Å²) < 4.78 is 3.00. The molecule has 1 aromatic carbocycles. The Balaban J connectivity index is 0.00000208. The Bertz CT molecular complexity index is 731. The van der Waals surface area contributed by atoms with Gasteiger partial charge in [0.2, 0.25) is 0 Å². The van der Waals surface area contributed by atoms with Gasteiger partial charge in [-0.2, -0.15) is 0 Å². The van der Waals surface area contributed by atoms with Crippen LogP contribution >= 0.6 is 28.3 Å². The highest BCUT2D eigenvalue weighted by molar-refractivity contribution is 9.10. The summed E-state index contributed by atoms with van der Waals surface area (Å²) in [6, 6.07) is 12.2. The molecule has 2 atom stereocenters. The van der Waals surface area contributed by atoms with Crippen LogP contribution < -0.4 is 5.73 Å². The SMILES string of the molecule is CC1CC(CN)CN1C(=O)c1ccc(-c2ccccc2Br)n1C.Cl. The first-order chi connectivity index (χ1) is 11.0. The highest BCUT2D eigenvalue weighted by atomic mass is 79.9. The quantitative estimate of drug-likeness (QED) is 0.836. The van der Waals surface area contributed by atoms with Crippen LogP contribution in [0.1, 0.15) is 23.8 Å². The van der Waals surface area contributed by atoms with Gasteiger partial charge in [0.25, 0.3) is 5.91 Å². The van der Waals surface area contributed by atoms with E-state index in [1.807, 2.05) is 46.8 Å². The zero-order valence-corrected chi connectivity index (χ0v) is 16.3. The molecule has 24 heavy (non-hydrogen) atoms. The Hall–Kier alpha value is -1.30. The number of hydrogen-bond donors (Lipinski definition) is 1. The molecule has 0 bridgehead atoms. The van der Waals surface area contributed by atoms with Crippen molar-refractivity contribution >= 4 is 34.2 Å². The summed E-state index contributed by atoms with van der Waals surface area (Å²) in [6.07, 6.45) is 0.990. The molecule has 1 amide bonds. The fraction of sp³-hybridized carbons (Fsp3) is 0.389. The number of nitrogens with zero attached hydrogens (tertiary/aromatic N) is 2. The maximum absolute atomic E-state index is 12.9. The van der Waals surface area contributed by atoms with Crippen molar-refractivity contribution in [1.29, 1.82) is 0 Å². The molecule has 0 saturated carbocycles. The van der Waals surface area contributed by atoms with Gasteiger partial charge in [-0.3, -0.25) is 4.79 Å². The fourth-order valence-electron chi connectivity index (χ4n) is 3.41. The number of likely N-dealkylation sites (tertiary alicyclic amines) is 1. The largest absolute Gasteiger partial charge is 0.340 e. The molecule has 3 rings (SSSR count). The van der Waals surface area contributed by atoms with Crippen molar-refractivity contribution in [2.75, 3.05) is 13.1 Å². The minimum Gasteiger partial charge on any atom is -0.340 e. The summed E-state index contributed by atoms with van der Waals surface area (Å²) in [5, 5.41) is 0. The smallest absolute Gasteiger partial charge is 0.270 e. The molecule has 1 aliphatic rings. The number of carbonyl (C=O) groups is 1. The van der Waals surface area contributed by atoms with Crippen LogP contribution in [0.5, 0.6) is 0 Å². The third-order valence-corrected chi connectivity index (χ3v) is 5.44. The number of hydrogen-bond acceptors (Lipinski definition) is 2. The van der Waals surface area contributed by atoms with E-state index in [0.29, 0.717) is 12.5 Å².